The molecule has 0 aromatic carbocycles. The molecule has 0 aliphatic carbocycles. The van der Waals surface area contributed by atoms with E-state index in [1.807, 2.05) is 11.8 Å². The zero-order chi connectivity index (χ0) is 13.0. The summed E-state index contributed by atoms with van der Waals surface area (Å²) in [6, 6.07) is 3.46. The summed E-state index contributed by atoms with van der Waals surface area (Å²) in [5.74, 6) is 1.95. The molecule has 0 radical (unpaired) electrons. The maximum absolute atomic E-state index is 12.7. The van der Waals surface area contributed by atoms with Gasteiger partial charge in [-0.15, -0.1) is 0 Å². The summed E-state index contributed by atoms with van der Waals surface area (Å²) in [6.45, 7) is 4.16. The van der Waals surface area contributed by atoms with Crippen molar-refractivity contribution in [3.63, 3.8) is 0 Å². The Hall–Kier alpha value is -0.650. The molecule has 0 saturated carbocycles. The van der Waals surface area contributed by atoms with Crippen LogP contribution in [0.3, 0.4) is 0 Å². The third-order valence-corrected chi connectivity index (χ3v) is 4.48. The molecule has 1 N–H and O–H groups in total. The lowest BCUT2D eigenvalue weighted by Gasteiger charge is -2.33. The Morgan fingerprint density at radius 1 is 1.61 bits per heavy atom. The van der Waals surface area contributed by atoms with Crippen LogP contribution in [0.4, 0.5) is 4.39 Å². The molecule has 2 unspecified atom stereocenters. The first-order chi connectivity index (χ1) is 8.66. The molecule has 0 amide bonds. The van der Waals surface area contributed by atoms with E-state index in [9.17, 15) is 9.50 Å². The number of aromatic nitrogens is 1. The van der Waals surface area contributed by atoms with E-state index in [1.54, 1.807) is 6.07 Å². The van der Waals surface area contributed by atoms with Crippen molar-refractivity contribution < 1.29 is 9.50 Å². The van der Waals surface area contributed by atoms with E-state index >= 15 is 0 Å². The first kappa shape index (κ1) is 13.8. The molecule has 2 heterocycles. The van der Waals surface area contributed by atoms with Crippen molar-refractivity contribution in [3.8, 4) is 0 Å². The third-order valence-electron chi connectivity index (χ3n) is 3.29. The Balaban J connectivity index is 1.83. The summed E-state index contributed by atoms with van der Waals surface area (Å²) in [5, 5.41) is 10.0. The van der Waals surface area contributed by atoms with E-state index in [0.29, 0.717) is 18.2 Å². The van der Waals surface area contributed by atoms with Crippen LogP contribution in [0.2, 0.25) is 0 Å². The van der Waals surface area contributed by atoms with Crippen LogP contribution < -0.4 is 0 Å². The van der Waals surface area contributed by atoms with E-state index in [-0.39, 0.29) is 5.82 Å². The average Bonchev–Trinajstić information content (AvgIpc) is 2.38. The molecular weight excluding hydrogens is 251 g/mol. The lowest BCUT2D eigenvalue weighted by Crippen LogP contribution is -2.41. The van der Waals surface area contributed by atoms with E-state index in [1.165, 1.54) is 6.07 Å². The van der Waals surface area contributed by atoms with Crippen molar-refractivity contribution in [3.05, 3.63) is 29.8 Å². The van der Waals surface area contributed by atoms with Gasteiger partial charge in [0.2, 0.25) is 0 Å². The smallest absolute Gasteiger partial charge is 0.141 e. The zero-order valence-electron chi connectivity index (χ0n) is 10.6. The standard InChI is InChI=1S/C13H19FN2OS/c1-10-9-18-7-6-16(10)5-4-13(17)12-3-2-11(14)8-15-12/h2-3,8,10,13,17H,4-7,9H2,1H3. The molecule has 0 bridgehead atoms. The van der Waals surface area contributed by atoms with E-state index < -0.39 is 6.10 Å². The second-order valence-corrected chi connectivity index (χ2v) is 5.82. The fraction of sp³-hybridized carbons (Fsp3) is 0.615. The van der Waals surface area contributed by atoms with Crippen LogP contribution in [0.1, 0.15) is 25.1 Å². The molecule has 1 aliphatic rings. The van der Waals surface area contributed by atoms with Crippen molar-refractivity contribution in [2.75, 3.05) is 24.6 Å². The van der Waals surface area contributed by atoms with Gasteiger partial charge in [-0.2, -0.15) is 11.8 Å². The van der Waals surface area contributed by atoms with Gasteiger partial charge in [0.25, 0.3) is 0 Å². The summed E-state index contributed by atoms with van der Waals surface area (Å²) in [5.41, 5.74) is 0.551. The van der Waals surface area contributed by atoms with Gasteiger partial charge in [0, 0.05) is 30.6 Å². The van der Waals surface area contributed by atoms with Gasteiger partial charge in [-0.25, -0.2) is 4.39 Å². The first-order valence-corrected chi connectivity index (χ1v) is 7.43. The fourth-order valence-electron chi connectivity index (χ4n) is 2.11. The number of aliphatic hydroxyl groups is 1. The van der Waals surface area contributed by atoms with Gasteiger partial charge in [-0.1, -0.05) is 0 Å². The van der Waals surface area contributed by atoms with Crippen LogP contribution in [0.15, 0.2) is 18.3 Å². The van der Waals surface area contributed by atoms with Gasteiger partial charge in [0.15, 0.2) is 0 Å². The van der Waals surface area contributed by atoms with Gasteiger partial charge in [0.05, 0.1) is 18.0 Å². The molecule has 1 saturated heterocycles. The van der Waals surface area contributed by atoms with E-state index in [4.69, 9.17) is 0 Å². The summed E-state index contributed by atoms with van der Waals surface area (Å²) in [4.78, 5) is 6.31. The monoisotopic (exact) mass is 270 g/mol. The fourth-order valence-corrected chi connectivity index (χ4v) is 3.20. The molecule has 1 fully saturated rings. The van der Waals surface area contributed by atoms with Crippen LogP contribution in [-0.2, 0) is 0 Å². The number of aliphatic hydroxyl groups excluding tert-OH is 1. The maximum atomic E-state index is 12.7. The topological polar surface area (TPSA) is 36.4 Å². The minimum atomic E-state index is -0.604. The Labute approximate surface area is 111 Å². The van der Waals surface area contributed by atoms with Crippen molar-refractivity contribution >= 4 is 11.8 Å². The third kappa shape index (κ3) is 3.67. The van der Waals surface area contributed by atoms with Crippen molar-refractivity contribution in [1.29, 1.82) is 0 Å². The van der Waals surface area contributed by atoms with Gasteiger partial charge in [-0.05, 0) is 25.5 Å². The van der Waals surface area contributed by atoms with Crippen LogP contribution >= 0.6 is 11.8 Å². The molecule has 5 heteroatoms. The van der Waals surface area contributed by atoms with Crippen molar-refractivity contribution in [2.24, 2.45) is 0 Å². The molecule has 1 aromatic rings. The summed E-state index contributed by atoms with van der Waals surface area (Å²) in [6.07, 6.45) is 1.19. The minimum absolute atomic E-state index is 0.368. The molecular formula is C13H19FN2OS. The Bertz CT molecular complexity index is 374. The van der Waals surface area contributed by atoms with Crippen LogP contribution in [0.25, 0.3) is 0 Å². The highest BCUT2D eigenvalue weighted by Gasteiger charge is 2.19. The number of rotatable bonds is 4. The Morgan fingerprint density at radius 2 is 2.44 bits per heavy atom. The quantitative estimate of drug-likeness (QED) is 0.909. The van der Waals surface area contributed by atoms with Gasteiger partial charge in [-0.3, -0.25) is 9.88 Å². The summed E-state index contributed by atoms with van der Waals surface area (Å²) >= 11 is 1.98. The second kappa shape index (κ2) is 6.50. The molecule has 3 nitrogen and oxygen atoms in total. The van der Waals surface area contributed by atoms with Crippen LogP contribution in [0, 0.1) is 5.82 Å². The van der Waals surface area contributed by atoms with Crippen molar-refractivity contribution in [1.82, 2.24) is 9.88 Å². The minimum Gasteiger partial charge on any atom is -0.387 e. The SMILES string of the molecule is CC1CSCCN1CCC(O)c1ccc(F)cn1. The predicted octanol–water partition coefficient (Wildman–Crippen LogP) is 2.08. The summed E-state index contributed by atoms with van der Waals surface area (Å²) in [7, 11) is 0. The number of halogens is 1. The Morgan fingerprint density at radius 3 is 3.11 bits per heavy atom. The van der Waals surface area contributed by atoms with Crippen LogP contribution in [0.5, 0.6) is 0 Å². The molecule has 2 rings (SSSR count). The highest BCUT2D eigenvalue weighted by molar-refractivity contribution is 7.99. The zero-order valence-corrected chi connectivity index (χ0v) is 11.4. The van der Waals surface area contributed by atoms with Gasteiger partial charge in [0.1, 0.15) is 5.82 Å². The van der Waals surface area contributed by atoms with E-state index in [0.717, 1.165) is 30.8 Å². The van der Waals surface area contributed by atoms with Gasteiger partial charge >= 0.3 is 0 Å². The molecule has 1 aliphatic heterocycles. The predicted molar refractivity (Wildman–Crippen MR) is 72.1 cm³/mol. The molecule has 2 atom stereocenters. The molecule has 1 aromatic heterocycles. The van der Waals surface area contributed by atoms with Gasteiger partial charge < -0.3 is 5.11 Å². The highest BCUT2D eigenvalue weighted by atomic mass is 32.2. The van der Waals surface area contributed by atoms with Crippen molar-refractivity contribution in [2.45, 2.75) is 25.5 Å². The number of thioether (sulfide) groups is 1. The lowest BCUT2D eigenvalue weighted by molar-refractivity contribution is 0.129. The maximum Gasteiger partial charge on any atom is 0.141 e. The molecule has 100 valence electrons. The number of pyridine rings is 1. The number of hydrogen-bond donors (Lipinski definition) is 1. The lowest BCUT2D eigenvalue weighted by atomic mass is 10.1. The van der Waals surface area contributed by atoms with Crippen LogP contribution in [-0.4, -0.2) is 45.6 Å². The first-order valence-electron chi connectivity index (χ1n) is 6.28. The summed E-state index contributed by atoms with van der Waals surface area (Å²) < 4.78 is 12.7. The molecule has 0 spiro atoms. The molecule has 18 heavy (non-hydrogen) atoms. The average molecular weight is 270 g/mol. The highest BCUT2D eigenvalue weighted by Crippen LogP contribution is 2.19. The normalized spacial score (nSPS) is 22.9. The Kier molecular flexibility index (Phi) is 4.97. The second-order valence-electron chi connectivity index (χ2n) is 4.67. The number of nitrogens with zero attached hydrogens (tertiary/aromatic N) is 2. The largest absolute Gasteiger partial charge is 0.387 e. The van der Waals surface area contributed by atoms with E-state index in [2.05, 4.69) is 16.8 Å². The number of hydrogen-bond acceptors (Lipinski definition) is 4.